The van der Waals surface area contributed by atoms with Crippen LogP contribution in [0.25, 0.3) is 0 Å². The molecule has 0 bridgehead atoms. The smallest absolute Gasteiger partial charge is 0.241 e. The maximum Gasteiger partial charge on any atom is 0.241 e. The molecule has 0 unspecified atom stereocenters. The maximum absolute atomic E-state index is 12.6. The minimum Gasteiger partial charge on any atom is -0.313 e. The highest BCUT2D eigenvalue weighted by Gasteiger charge is 2.26. The lowest BCUT2D eigenvalue weighted by Crippen LogP contribution is -2.43. The first-order valence-electron chi connectivity index (χ1n) is 7.56. The van der Waals surface area contributed by atoms with Gasteiger partial charge in [0.1, 0.15) is 0 Å². The van der Waals surface area contributed by atoms with E-state index in [1.807, 2.05) is 39.8 Å². The lowest BCUT2D eigenvalue weighted by molar-refractivity contribution is 0.417. The van der Waals surface area contributed by atoms with E-state index in [0.29, 0.717) is 11.4 Å². The van der Waals surface area contributed by atoms with E-state index in [1.165, 1.54) is 0 Å². The van der Waals surface area contributed by atoms with Crippen molar-refractivity contribution in [2.75, 3.05) is 6.54 Å². The van der Waals surface area contributed by atoms with E-state index in [-0.39, 0.29) is 0 Å². The molecule has 0 atom stereocenters. The third-order valence-corrected chi connectivity index (χ3v) is 5.25. The number of rotatable bonds is 8. The van der Waals surface area contributed by atoms with Gasteiger partial charge in [-0.3, -0.25) is 0 Å². The molecule has 0 heterocycles. The average Bonchev–Trinajstić information content (AvgIpc) is 2.36. The van der Waals surface area contributed by atoms with E-state index in [4.69, 9.17) is 0 Å². The normalized spacial score (nSPS) is 12.6. The van der Waals surface area contributed by atoms with Gasteiger partial charge in [0.25, 0.3) is 0 Å². The summed E-state index contributed by atoms with van der Waals surface area (Å²) in [6, 6.07) is 5.60. The summed E-state index contributed by atoms with van der Waals surface area (Å²) in [5.41, 5.74) is 1.32. The van der Waals surface area contributed by atoms with Gasteiger partial charge < -0.3 is 5.32 Å². The third kappa shape index (κ3) is 5.41. The van der Waals surface area contributed by atoms with Crippen molar-refractivity contribution < 1.29 is 8.42 Å². The molecule has 1 aromatic rings. The molecule has 0 aliphatic rings. The molecule has 0 aliphatic carbocycles. The minimum atomic E-state index is -3.50. The Morgan fingerprint density at radius 3 is 2.43 bits per heavy atom. The van der Waals surface area contributed by atoms with Crippen molar-refractivity contribution in [2.45, 2.75) is 64.4 Å². The van der Waals surface area contributed by atoms with Gasteiger partial charge in [0, 0.05) is 12.1 Å². The quantitative estimate of drug-likeness (QED) is 0.776. The summed E-state index contributed by atoms with van der Waals surface area (Å²) in [6.45, 7) is 11.3. The fourth-order valence-electron chi connectivity index (χ4n) is 2.41. The highest BCUT2D eigenvalue weighted by Crippen LogP contribution is 2.21. The summed E-state index contributed by atoms with van der Waals surface area (Å²) in [5, 5.41) is 3.22. The van der Waals surface area contributed by atoms with Crippen molar-refractivity contribution in [3.05, 3.63) is 29.3 Å². The Morgan fingerprint density at radius 1 is 1.19 bits per heavy atom. The molecule has 1 aromatic carbocycles. The van der Waals surface area contributed by atoms with E-state index < -0.39 is 15.6 Å². The molecule has 0 saturated heterocycles. The molecule has 0 saturated carbocycles. The molecule has 5 heteroatoms. The van der Waals surface area contributed by atoms with Gasteiger partial charge in [-0.15, -0.1) is 0 Å². The van der Waals surface area contributed by atoms with Crippen LogP contribution in [-0.2, 0) is 16.6 Å². The second-order valence-electron chi connectivity index (χ2n) is 6.12. The molecule has 120 valence electrons. The number of hydrogen-bond donors (Lipinski definition) is 2. The zero-order valence-electron chi connectivity index (χ0n) is 13.8. The second kappa shape index (κ2) is 7.38. The molecule has 0 radical (unpaired) electrons. The molecule has 1 rings (SSSR count). The van der Waals surface area contributed by atoms with Crippen molar-refractivity contribution in [3.63, 3.8) is 0 Å². The van der Waals surface area contributed by atoms with Gasteiger partial charge in [-0.2, -0.15) is 0 Å². The first-order chi connectivity index (χ1) is 9.72. The summed E-state index contributed by atoms with van der Waals surface area (Å²) < 4.78 is 28.1. The Morgan fingerprint density at radius 2 is 1.86 bits per heavy atom. The summed E-state index contributed by atoms with van der Waals surface area (Å²) in [4.78, 5) is 0.377. The highest BCUT2D eigenvalue weighted by molar-refractivity contribution is 7.89. The zero-order valence-corrected chi connectivity index (χ0v) is 14.6. The predicted molar refractivity (Wildman–Crippen MR) is 87.9 cm³/mol. The monoisotopic (exact) mass is 312 g/mol. The van der Waals surface area contributed by atoms with Gasteiger partial charge in [-0.1, -0.05) is 32.4 Å². The largest absolute Gasteiger partial charge is 0.313 e. The number of benzene rings is 1. The molecule has 4 nitrogen and oxygen atoms in total. The van der Waals surface area contributed by atoms with Crippen LogP contribution in [0.5, 0.6) is 0 Å². The molecule has 0 amide bonds. The maximum atomic E-state index is 12.6. The fraction of sp³-hybridized carbons (Fsp3) is 0.625. The number of hydrogen-bond acceptors (Lipinski definition) is 3. The Labute approximate surface area is 129 Å². The van der Waals surface area contributed by atoms with Crippen molar-refractivity contribution in [1.29, 1.82) is 0 Å². The van der Waals surface area contributed by atoms with E-state index >= 15 is 0 Å². The molecule has 21 heavy (non-hydrogen) atoms. The van der Waals surface area contributed by atoms with Crippen molar-refractivity contribution in [3.8, 4) is 0 Å². The average molecular weight is 312 g/mol. The van der Waals surface area contributed by atoms with E-state index in [9.17, 15) is 8.42 Å². The molecular weight excluding hydrogens is 284 g/mol. The van der Waals surface area contributed by atoms with E-state index in [0.717, 1.165) is 30.5 Å². The van der Waals surface area contributed by atoms with Crippen LogP contribution in [0.4, 0.5) is 0 Å². The first kappa shape index (κ1) is 18.1. The predicted octanol–water partition coefficient (Wildman–Crippen LogP) is 2.96. The van der Waals surface area contributed by atoms with Crippen LogP contribution < -0.4 is 10.0 Å². The van der Waals surface area contributed by atoms with Crippen LogP contribution in [0.15, 0.2) is 23.1 Å². The first-order valence-corrected chi connectivity index (χ1v) is 9.04. The molecule has 0 aliphatic heterocycles. The van der Waals surface area contributed by atoms with Gasteiger partial charge in [-0.05, 0) is 50.9 Å². The second-order valence-corrected chi connectivity index (χ2v) is 7.77. The molecule has 0 fully saturated rings. The van der Waals surface area contributed by atoms with Gasteiger partial charge in [0.05, 0.1) is 4.90 Å². The lowest BCUT2D eigenvalue weighted by Gasteiger charge is -2.26. The van der Waals surface area contributed by atoms with Crippen molar-refractivity contribution in [1.82, 2.24) is 10.0 Å². The Hall–Kier alpha value is -0.910. The van der Waals surface area contributed by atoms with Crippen molar-refractivity contribution in [2.24, 2.45) is 0 Å². The lowest BCUT2D eigenvalue weighted by atomic mass is 10.0. The van der Waals surface area contributed by atoms with Gasteiger partial charge in [0.2, 0.25) is 10.0 Å². The van der Waals surface area contributed by atoms with Crippen LogP contribution in [-0.4, -0.2) is 20.5 Å². The standard InChI is InChI=1S/C16H28N2O2S/c1-6-10-16(4,5)18-21(19,20)15-11-14(12-17-7-2)9-8-13(15)3/h8-9,11,17-18H,6-7,10,12H2,1-5H3. The highest BCUT2D eigenvalue weighted by atomic mass is 32.2. The third-order valence-electron chi connectivity index (χ3n) is 3.41. The molecule has 2 N–H and O–H groups in total. The van der Waals surface area contributed by atoms with Gasteiger partial charge in [0.15, 0.2) is 0 Å². The van der Waals surface area contributed by atoms with Gasteiger partial charge >= 0.3 is 0 Å². The zero-order chi connectivity index (χ0) is 16.1. The Kier molecular flexibility index (Phi) is 6.38. The Bertz CT molecular complexity index is 566. The Balaban J connectivity index is 3.07. The number of aryl methyl sites for hydroxylation is 1. The summed E-state index contributed by atoms with van der Waals surface area (Å²) in [6.07, 6.45) is 1.75. The van der Waals surface area contributed by atoms with Crippen LogP contribution in [0, 0.1) is 6.92 Å². The topological polar surface area (TPSA) is 58.2 Å². The minimum absolute atomic E-state index is 0.377. The van der Waals surface area contributed by atoms with Gasteiger partial charge in [-0.25, -0.2) is 13.1 Å². The molecule has 0 spiro atoms. The van der Waals surface area contributed by atoms with E-state index in [2.05, 4.69) is 17.0 Å². The van der Waals surface area contributed by atoms with Crippen LogP contribution >= 0.6 is 0 Å². The summed E-state index contributed by atoms with van der Waals surface area (Å²) in [7, 11) is -3.50. The molecule has 0 aromatic heterocycles. The number of nitrogens with one attached hydrogen (secondary N) is 2. The van der Waals surface area contributed by atoms with Crippen LogP contribution in [0.2, 0.25) is 0 Å². The summed E-state index contributed by atoms with van der Waals surface area (Å²) in [5.74, 6) is 0. The molecular formula is C16H28N2O2S. The van der Waals surface area contributed by atoms with E-state index in [1.54, 1.807) is 6.07 Å². The SMILES string of the molecule is CCCC(C)(C)NS(=O)(=O)c1cc(CNCC)ccc1C. The van der Waals surface area contributed by atoms with Crippen LogP contribution in [0.3, 0.4) is 0 Å². The van der Waals surface area contributed by atoms with Crippen LogP contribution in [0.1, 0.15) is 51.7 Å². The number of sulfonamides is 1. The van der Waals surface area contributed by atoms with Crippen molar-refractivity contribution >= 4 is 10.0 Å². The fourth-order valence-corrected chi connectivity index (χ4v) is 4.15. The summed E-state index contributed by atoms with van der Waals surface area (Å²) >= 11 is 0.